The van der Waals surface area contributed by atoms with E-state index in [9.17, 15) is 21.6 Å². The average molecular weight is 191 g/mol. The lowest BCUT2D eigenvalue weighted by Gasteiger charge is -2.06. The molecule has 68 valence electrons. The lowest BCUT2D eigenvalue weighted by molar-refractivity contribution is -0.106. The molecule has 0 aromatic heterocycles. The topological polar surface area (TPSA) is 46.2 Å². The largest absolute Gasteiger partial charge is 0.404 e. The van der Waals surface area contributed by atoms with Gasteiger partial charge in [0.1, 0.15) is 0 Å². The van der Waals surface area contributed by atoms with E-state index in [1.165, 1.54) is 6.92 Å². The lowest BCUT2D eigenvalue weighted by Crippen LogP contribution is -2.33. The van der Waals surface area contributed by atoms with E-state index in [2.05, 4.69) is 0 Å². The van der Waals surface area contributed by atoms with Crippen LogP contribution in [0.25, 0.3) is 0 Å². The third-order valence-corrected chi connectivity index (χ3v) is 2.15. The minimum absolute atomic E-state index is 0.0294. The van der Waals surface area contributed by atoms with E-state index in [-0.39, 0.29) is 6.54 Å². The molecule has 0 atom stereocenters. The minimum Gasteiger partial charge on any atom is -0.215 e. The van der Waals surface area contributed by atoms with Crippen LogP contribution >= 0.6 is 0 Å². The Morgan fingerprint density at radius 2 is 1.82 bits per heavy atom. The molecule has 0 fully saturated rings. The van der Waals surface area contributed by atoms with Crippen LogP contribution in [0.5, 0.6) is 0 Å². The summed E-state index contributed by atoms with van der Waals surface area (Å²) in [4.78, 5) is 0. The molecule has 0 aliphatic rings. The van der Waals surface area contributed by atoms with Gasteiger partial charge < -0.3 is 0 Å². The smallest absolute Gasteiger partial charge is 0.215 e. The Balaban J connectivity index is 4.15. The van der Waals surface area contributed by atoms with E-state index in [0.717, 1.165) is 0 Å². The van der Waals surface area contributed by atoms with Gasteiger partial charge in [-0.05, 0) is 0 Å². The van der Waals surface area contributed by atoms with Crippen LogP contribution in [0.3, 0.4) is 0 Å². The van der Waals surface area contributed by atoms with Crippen molar-refractivity contribution in [2.24, 2.45) is 0 Å². The lowest BCUT2D eigenvalue weighted by atomic mass is 10.8. The summed E-state index contributed by atoms with van der Waals surface area (Å²) < 4.78 is 56.9. The zero-order chi connectivity index (χ0) is 9.12. The molecule has 0 bridgehead atoms. The van der Waals surface area contributed by atoms with Crippen molar-refractivity contribution in [3.63, 3.8) is 0 Å². The molecule has 0 aliphatic carbocycles. The molecule has 0 aliphatic heterocycles. The van der Waals surface area contributed by atoms with Crippen molar-refractivity contribution in [2.75, 3.05) is 12.3 Å². The normalized spacial score (nSPS) is 13.5. The van der Waals surface area contributed by atoms with Gasteiger partial charge in [-0.3, -0.25) is 0 Å². The van der Waals surface area contributed by atoms with Gasteiger partial charge in [0.05, 0.1) is 0 Å². The molecule has 0 amide bonds. The highest BCUT2D eigenvalue weighted by Gasteiger charge is 2.34. The van der Waals surface area contributed by atoms with Gasteiger partial charge in [0.2, 0.25) is 10.0 Å². The SMILES string of the molecule is CCNS(=O)(=O)CC(F)(F)F. The second-order valence-electron chi connectivity index (χ2n) is 1.87. The molecule has 0 spiro atoms. The molecular formula is C4H8F3NO2S. The maximum Gasteiger partial charge on any atom is 0.404 e. The Kier molecular flexibility index (Phi) is 3.30. The van der Waals surface area contributed by atoms with Crippen LogP contribution in [0.15, 0.2) is 0 Å². The average Bonchev–Trinajstić information content (AvgIpc) is 1.55. The Hall–Kier alpha value is -0.300. The summed E-state index contributed by atoms with van der Waals surface area (Å²) in [6.45, 7) is 1.38. The molecular weight excluding hydrogens is 183 g/mol. The second kappa shape index (κ2) is 3.40. The first-order chi connectivity index (χ1) is 4.77. The number of hydrogen-bond donors (Lipinski definition) is 1. The maximum absolute atomic E-state index is 11.5. The standard InChI is InChI=1S/C4H8F3NO2S/c1-2-8-11(9,10)3-4(5,6)7/h8H,2-3H2,1H3. The molecule has 0 rings (SSSR count). The zero-order valence-electron chi connectivity index (χ0n) is 5.77. The van der Waals surface area contributed by atoms with Gasteiger partial charge in [-0.2, -0.15) is 13.2 Å². The van der Waals surface area contributed by atoms with Crippen LogP contribution in [0.2, 0.25) is 0 Å². The Bertz CT molecular complexity index is 208. The van der Waals surface area contributed by atoms with Crippen LogP contribution in [0.4, 0.5) is 13.2 Å². The van der Waals surface area contributed by atoms with Crippen molar-refractivity contribution in [3.05, 3.63) is 0 Å². The van der Waals surface area contributed by atoms with E-state index in [1.54, 1.807) is 4.72 Å². The Morgan fingerprint density at radius 1 is 1.36 bits per heavy atom. The van der Waals surface area contributed by atoms with Gasteiger partial charge in [-0.15, -0.1) is 0 Å². The number of hydrogen-bond acceptors (Lipinski definition) is 2. The van der Waals surface area contributed by atoms with E-state index in [4.69, 9.17) is 0 Å². The van der Waals surface area contributed by atoms with Crippen molar-refractivity contribution >= 4 is 10.0 Å². The van der Waals surface area contributed by atoms with Gasteiger partial charge in [0, 0.05) is 6.54 Å². The molecule has 0 saturated carbocycles. The summed E-state index contributed by atoms with van der Waals surface area (Å²) in [5.74, 6) is -1.81. The van der Waals surface area contributed by atoms with Gasteiger partial charge in [0.15, 0.2) is 5.75 Å². The van der Waals surface area contributed by atoms with Crippen molar-refractivity contribution in [3.8, 4) is 0 Å². The fourth-order valence-corrected chi connectivity index (χ4v) is 1.46. The highest BCUT2D eigenvalue weighted by Crippen LogP contribution is 2.16. The van der Waals surface area contributed by atoms with Crippen LogP contribution in [-0.2, 0) is 10.0 Å². The van der Waals surface area contributed by atoms with Gasteiger partial charge in [-0.1, -0.05) is 6.92 Å². The number of nitrogens with one attached hydrogen (secondary N) is 1. The third kappa shape index (κ3) is 6.11. The summed E-state index contributed by atoms with van der Waals surface area (Å²) >= 11 is 0. The summed E-state index contributed by atoms with van der Waals surface area (Å²) in [7, 11) is -4.16. The first-order valence-corrected chi connectivity index (χ1v) is 4.46. The van der Waals surface area contributed by atoms with E-state index in [1.807, 2.05) is 0 Å². The Morgan fingerprint density at radius 3 is 2.09 bits per heavy atom. The number of halogens is 3. The van der Waals surface area contributed by atoms with Gasteiger partial charge in [-0.25, -0.2) is 13.1 Å². The van der Waals surface area contributed by atoms with E-state index in [0.29, 0.717) is 0 Å². The predicted molar refractivity (Wildman–Crippen MR) is 33.5 cm³/mol. The summed E-state index contributed by atoms with van der Waals surface area (Å²) in [6, 6.07) is 0. The number of alkyl halides is 3. The van der Waals surface area contributed by atoms with Gasteiger partial charge in [0.25, 0.3) is 0 Å². The van der Waals surface area contributed by atoms with Crippen LogP contribution < -0.4 is 4.72 Å². The molecule has 11 heavy (non-hydrogen) atoms. The molecule has 0 heterocycles. The minimum atomic E-state index is -4.67. The molecule has 0 saturated heterocycles. The summed E-state index contributed by atoms with van der Waals surface area (Å²) in [5, 5.41) is 0. The fraction of sp³-hybridized carbons (Fsp3) is 1.00. The monoisotopic (exact) mass is 191 g/mol. The Labute approximate surface area is 62.6 Å². The van der Waals surface area contributed by atoms with Crippen LogP contribution in [0, 0.1) is 0 Å². The molecule has 0 unspecified atom stereocenters. The quantitative estimate of drug-likeness (QED) is 0.705. The molecule has 7 heteroatoms. The second-order valence-corrected chi connectivity index (χ2v) is 3.68. The third-order valence-electron chi connectivity index (χ3n) is 0.718. The molecule has 3 nitrogen and oxygen atoms in total. The van der Waals surface area contributed by atoms with Crippen molar-refractivity contribution in [1.82, 2.24) is 4.72 Å². The molecule has 0 aromatic carbocycles. The summed E-state index contributed by atoms with van der Waals surface area (Å²) in [5.41, 5.74) is 0. The summed E-state index contributed by atoms with van der Waals surface area (Å²) in [6.07, 6.45) is -4.67. The maximum atomic E-state index is 11.5. The fourth-order valence-electron chi connectivity index (χ4n) is 0.486. The highest BCUT2D eigenvalue weighted by molar-refractivity contribution is 7.89. The van der Waals surface area contributed by atoms with Crippen LogP contribution in [-0.4, -0.2) is 26.9 Å². The number of rotatable bonds is 3. The predicted octanol–water partition coefficient (Wildman–Crippen LogP) is 0.488. The van der Waals surface area contributed by atoms with E-state index >= 15 is 0 Å². The number of sulfonamides is 1. The molecule has 1 N–H and O–H groups in total. The van der Waals surface area contributed by atoms with E-state index < -0.39 is 22.0 Å². The van der Waals surface area contributed by atoms with Crippen LogP contribution in [0.1, 0.15) is 6.92 Å². The first kappa shape index (κ1) is 10.7. The van der Waals surface area contributed by atoms with Crippen molar-refractivity contribution in [1.29, 1.82) is 0 Å². The zero-order valence-corrected chi connectivity index (χ0v) is 6.59. The first-order valence-electron chi connectivity index (χ1n) is 2.81. The molecule has 0 aromatic rings. The van der Waals surface area contributed by atoms with Gasteiger partial charge >= 0.3 is 6.18 Å². The van der Waals surface area contributed by atoms with Crippen molar-refractivity contribution in [2.45, 2.75) is 13.1 Å². The molecule has 0 radical (unpaired) electrons. The van der Waals surface area contributed by atoms with Crippen molar-refractivity contribution < 1.29 is 21.6 Å². The highest BCUT2D eigenvalue weighted by atomic mass is 32.2.